The first-order chi connectivity index (χ1) is 10.3. The molecule has 2 fully saturated rings. The number of nitrogens with one attached hydrogen (secondary N) is 1. The van der Waals surface area contributed by atoms with Gasteiger partial charge in [0.1, 0.15) is 0 Å². The number of rotatable bonds is 4. The SMILES string of the molecule is O=C(CN1CCCC2CCCCC21)NCc1ccccc1. The molecule has 2 aliphatic rings. The van der Waals surface area contributed by atoms with E-state index >= 15 is 0 Å². The van der Waals surface area contributed by atoms with Crippen LogP contribution in [0.25, 0.3) is 0 Å². The van der Waals surface area contributed by atoms with Crippen LogP contribution < -0.4 is 5.32 Å². The Bertz CT molecular complexity index is 458. The van der Waals surface area contributed by atoms with E-state index in [-0.39, 0.29) is 5.91 Å². The van der Waals surface area contributed by atoms with Crippen LogP contribution in [0.5, 0.6) is 0 Å². The van der Waals surface area contributed by atoms with Crippen LogP contribution in [-0.2, 0) is 11.3 Å². The Labute approximate surface area is 127 Å². The summed E-state index contributed by atoms with van der Waals surface area (Å²) in [6, 6.07) is 10.8. The van der Waals surface area contributed by atoms with Gasteiger partial charge in [-0.3, -0.25) is 9.69 Å². The van der Waals surface area contributed by atoms with E-state index in [0.29, 0.717) is 19.1 Å². The summed E-state index contributed by atoms with van der Waals surface area (Å²) in [6.45, 7) is 2.32. The minimum absolute atomic E-state index is 0.171. The molecule has 1 heterocycles. The second kappa shape index (κ2) is 7.08. The van der Waals surface area contributed by atoms with Crippen LogP contribution in [0.15, 0.2) is 30.3 Å². The van der Waals surface area contributed by atoms with E-state index in [9.17, 15) is 4.79 Å². The number of carbonyl (C=O) groups excluding carboxylic acids is 1. The molecule has 1 amide bonds. The Hall–Kier alpha value is -1.35. The molecule has 1 aliphatic heterocycles. The van der Waals surface area contributed by atoms with Crippen molar-refractivity contribution in [1.29, 1.82) is 0 Å². The third-order valence-electron chi connectivity index (χ3n) is 5.04. The van der Waals surface area contributed by atoms with Crippen molar-refractivity contribution >= 4 is 5.91 Å². The third-order valence-corrected chi connectivity index (χ3v) is 5.04. The summed E-state index contributed by atoms with van der Waals surface area (Å²) in [4.78, 5) is 14.6. The summed E-state index contributed by atoms with van der Waals surface area (Å²) in [7, 11) is 0. The molecule has 2 atom stereocenters. The third kappa shape index (κ3) is 3.85. The van der Waals surface area contributed by atoms with E-state index in [1.165, 1.54) is 44.1 Å². The zero-order valence-electron chi connectivity index (χ0n) is 12.8. The quantitative estimate of drug-likeness (QED) is 0.923. The van der Waals surface area contributed by atoms with Crippen molar-refractivity contribution in [3.63, 3.8) is 0 Å². The number of likely N-dealkylation sites (tertiary alicyclic amines) is 1. The normalized spacial score (nSPS) is 26.1. The fourth-order valence-corrected chi connectivity index (χ4v) is 3.96. The molecule has 1 aromatic rings. The molecule has 1 aliphatic carbocycles. The molecule has 3 rings (SSSR count). The van der Waals surface area contributed by atoms with Gasteiger partial charge in [-0.2, -0.15) is 0 Å². The lowest BCUT2D eigenvalue weighted by Crippen LogP contribution is -2.50. The Morgan fingerprint density at radius 3 is 2.71 bits per heavy atom. The first-order valence-electron chi connectivity index (χ1n) is 8.37. The minimum Gasteiger partial charge on any atom is -0.351 e. The molecule has 0 bridgehead atoms. The molecule has 1 N–H and O–H groups in total. The number of piperidine rings is 1. The standard InChI is InChI=1S/C18H26N2O/c21-18(19-13-15-7-2-1-3-8-15)14-20-12-6-10-16-9-4-5-11-17(16)20/h1-3,7-8,16-17H,4-6,9-14H2,(H,19,21). The van der Waals surface area contributed by atoms with Crippen LogP contribution in [0.4, 0.5) is 0 Å². The highest BCUT2D eigenvalue weighted by molar-refractivity contribution is 5.78. The molecule has 0 aromatic heterocycles. The van der Waals surface area contributed by atoms with Crippen LogP contribution in [-0.4, -0.2) is 29.9 Å². The summed E-state index contributed by atoms with van der Waals surface area (Å²) in [5.41, 5.74) is 1.17. The van der Waals surface area contributed by atoms with E-state index in [1.807, 2.05) is 18.2 Å². The molecule has 0 spiro atoms. The highest BCUT2D eigenvalue weighted by Crippen LogP contribution is 2.34. The van der Waals surface area contributed by atoms with Crippen molar-refractivity contribution in [2.75, 3.05) is 13.1 Å². The van der Waals surface area contributed by atoms with Crippen LogP contribution in [0.2, 0.25) is 0 Å². The van der Waals surface area contributed by atoms with Crippen LogP contribution in [0, 0.1) is 5.92 Å². The van der Waals surface area contributed by atoms with Crippen LogP contribution in [0.1, 0.15) is 44.1 Å². The molecule has 3 heteroatoms. The van der Waals surface area contributed by atoms with Crippen molar-refractivity contribution in [3.05, 3.63) is 35.9 Å². The maximum Gasteiger partial charge on any atom is 0.234 e. The average molecular weight is 286 g/mol. The maximum atomic E-state index is 12.2. The molecule has 3 nitrogen and oxygen atoms in total. The molecule has 1 aromatic carbocycles. The second-order valence-corrected chi connectivity index (χ2v) is 6.49. The molecule has 2 unspecified atom stereocenters. The lowest BCUT2D eigenvalue weighted by atomic mass is 9.78. The fraction of sp³-hybridized carbons (Fsp3) is 0.611. The highest BCUT2D eigenvalue weighted by atomic mass is 16.2. The zero-order valence-corrected chi connectivity index (χ0v) is 12.8. The van der Waals surface area contributed by atoms with Crippen molar-refractivity contribution in [2.24, 2.45) is 5.92 Å². The fourth-order valence-electron chi connectivity index (χ4n) is 3.96. The topological polar surface area (TPSA) is 32.3 Å². The number of fused-ring (bicyclic) bond motifs is 1. The van der Waals surface area contributed by atoms with Gasteiger partial charge in [0.15, 0.2) is 0 Å². The number of hydrogen-bond acceptors (Lipinski definition) is 2. The largest absolute Gasteiger partial charge is 0.351 e. The number of hydrogen-bond donors (Lipinski definition) is 1. The first-order valence-corrected chi connectivity index (χ1v) is 8.37. The smallest absolute Gasteiger partial charge is 0.234 e. The molecule has 21 heavy (non-hydrogen) atoms. The lowest BCUT2D eigenvalue weighted by Gasteiger charge is -2.43. The first kappa shape index (κ1) is 14.6. The predicted octanol–water partition coefficient (Wildman–Crippen LogP) is 2.96. The van der Waals surface area contributed by atoms with E-state index in [4.69, 9.17) is 0 Å². The van der Waals surface area contributed by atoms with E-state index in [2.05, 4.69) is 22.3 Å². The molecule has 1 saturated carbocycles. The van der Waals surface area contributed by atoms with Gasteiger partial charge >= 0.3 is 0 Å². The summed E-state index contributed by atoms with van der Waals surface area (Å²) in [5, 5.41) is 3.06. The summed E-state index contributed by atoms with van der Waals surface area (Å²) < 4.78 is 0. The van der Waals surface area contributed by atoms with E-state index < -0.39 is 0 Å². The van der Waals surface area contributed by atoms with Gasteiger partial charge in [0.2, 0.25) is 5.91 Å². The number of carbonyl (C=O) groups is 1. The summed E-state index contributed by atoms with van der Waals surface area (Å²) in [5.74, 6) is 1.01. The summed E-state index contributed by atoms with van der Waals surface area (Å²) >= 11 is 0. The average Bonchev–Trinajstić information content (AvgIpc) is 2.54. The molecule has 114 valence electrons. The number of benzene rings is 1. The van der Waals surface area contributed by atoms with Crippen molar-refractivity contribution < 1.29 is 4.79 Å². The molecule has 0 radical (unpaired) electrons. The van der Waals surface area contributed by atoms with Gasteiger partial charge in [0.25, 0.3) is 0 Å². The Balaban J connectivity index is 1.49. The highest BCUT2D eigenvalue weighted by Gasteiger charge is 2.33. The maximum absolute atomic E-state index is 12.2. The molecular formula is C18H26N2O. The van der Waals surface area contributed by atoms with Crippen molar-refractivity contribution in [2.45, 2.75) is 51.1 Å². The number of amides is 1. The Morgan fingerprint density at radius 1 is 1.10 bits per heavy atom. The van der Waals surface area contributed by atoms with Crippen molar-refractivity contribution in [3.8, 4) is 0 Å². The van der Waals surface area contributed by atoms with Crippen LogP contribution >= 0.6 is 0 Å². The molecule has 1 saturated heterocycles. The van der Waals surface area contributed by atoms with Gasteiger partial charge in [-0.25, -0.2) is 0 Å². The van der Waals surface area contributed by atoms with E-state index in [0.717, 1.165) is 12.5 Å². The lowest BCUT2D eigenvalue weighted by molar-refractivity contribution is -0.124. The van der Waals surface area contributed by atoms with Crippen LogP contribution in [0.3, 0.4) is 0 Å². The number of nitrogens with zero attached hydrogens (tertiary/aromatic N) is 1. The molecular weight excluding hydrogens is 260 g/mol. The predicted molar refractivity (Wildman–Crippen MR) is 84.8 cm³/mol. The van der Waals surface area contributed by atoms with Gasteiger partial charge in [0, 0.05) is 12.6 Å². The van der Waals surface area contributed by atoms with E-state index in [1.54, 1.807) is 0 Å². The monoisotopic (exact) mass is 286 g/mol. The van der Waals surface area contributed by atoms with Gasteiger partial charge in [-0.1, -0.05) is 43.2 Å². The van der Waals surface area contributed by atoms with Gasteiger partial charge < -0.3 is 5.32 Å². The zero-order chi connectivity index (χ0) is 14.5. The van der Waals surface area contributed by atoms with Gasteiger partial charge in [-0.15, -0.1) is 0 Å². The Morgan fingerprint density at radius 2 is 1.86 bits per heavy atom. The van der Waals surface area contributed by atoms with Gasteiger partial charge in [0.05, 0.1) is 6.54 Å². The summed E-state index contributed by atoms with van der Waals surface area (Å²) in [6.07, 6.45) is 8.00. The van der Waals surface area contributed by atoms with Gasteiger partial charge in [-0.05, 0) is 43.7 Å². The minimum atomic E-state index is 0.171. The second-order valence-electron chi connectivity index (χ2n) is 6.49. The Kier molecular flexibility index (Phi) is 4.91. The van der Waals surface area contributed by atoms with Crippen molar-refractivity contribution in [1.82, 2.24) is 10.2 Å².